The molecule has 0 N–H and O–H groups in total. The number of halogens is 1. The fraction of sp³-hybridized carbons (Fsp3) is 0.462. The Morgan fingerprint density at radius 3 is 2.65 bits per heavy atom. The Morgan fingerprint density at radius 1 is 1.29 bits per heavy atom. The van der Waals surface area contributed by atoms with E-state index < -0.39 is 0 Å². The van der Waals surface area contributed by atoms with E-state index in [1.165, 1.54) is 0 Å². The highest BCUT2D eigenvalue weighted by Crippen LogP contribution is 2.31. The molecular weight excluding hydrogens is 282 g/mol. The van der Waals surface area contributed by atoms with E-state index in [4.69, 9.17) is 4.74 Å². The van der Waals surface area contributed by atoms with Crippen molar-refractivity contribution in [1.82, 2.24) is 0 Å². The van der Waals surface area contributed by atoms with Crippen LogP contribution < -0.4 is 4.90 Å². The molecular formula is C13H14BrNO2. The third kappa shape index (κ3) is 2.11. The van der Waals surface area contributed by atoms with Crippen LogP contribution in [-0.4, -0.2) is 31.6 Å². The van der Waals surface area contributed by atoms with E-state index in [1.807, 2.05) is 18.2 Å². The van der Waals surface area contributed by atoms with Gasteiger partial charge in [0.2, 0.25) is 0 Å². The average Bonchev–Trinajstić information content (AvgIpc) is 2.68. The maximum atomic E-state index is 11.1. The van der Waals surface area contributed by atoms with Crippen molar-refractivity contribution in [3.8, 4) is 0 Å². The summed E-state index contributed by atoms with van der Waals surface area (Å²) < 4.78 is 6.75. The van der Waals surface area contributed by atoms with Gasteiger partial charge in [-0.25, -0.2) is 0 Å². The van der Waals surface area contributed by atoms with Gasteiger partial charge in [-0.15, -0.1) is 0 Å². The van der Waals surface area contributed by atoms with Crippen LogP contribution in [0.1, 0.15) is 23.2 Å². The first-order valence-corrected chi connectivity index (χ1v) is 6.70. The van der Waals surface area contributed by atoms with Crippen molar-refractivity contribution >= 4 is 27.9 Å². The zero-order valence-corrected chi connectivity index (χ0v) is 11.0. The topological polar surface area (TPSA) is 29.5 Å². The minimum absolute atomic E-state index is 0.344. The summed E-state index contributed by atoms with van der Waals surface area (Å²) in [5, 5.41) is 0. The molecule has 0 spiro atoms. The van der Waals surface area contributed by atoms with E-state index in [2.05, 4.69) is 20.8 Å². The summed E-state index contributed by atoms with van der Waals surface area (Å²) >= 11 is 3.40. The van der Waals surface area contributed by atoms with Crippen LogP contribution in [-0.2, 0) is 4.74 Å². The van der Waals surface area contributed by atoms with Crippen molar-refractivity contribution in [2.24, 2.45) is 0 Å². The van der Waals surface area contributed by atoms with Gasteiger partial charge in [0.05, 0.1) is 12.2 Å². The standard InChI is InChI=1S/C13H14BrNO2/c14-10-1-4-13(9(5-10)8-16)15-6-11-2-3-12(7-15)17-11/h1,4-5,8,11-12H,2-3,6-7H2. The van der Waals surface area contributed by atoms with Crippen molar-refractivity contribution in [2.45, 2.75) is 25.0 Å². The second-order valence-corrected chi connectivity index (χ2v) is 5.60. The molecule has 4 heteroatoms. The number of carbonyl (C=O) groups excluding carboxylic acids is 1. The Balaban J connectivity index is 1.91. The molecule has 0 amide bonds. The smallest absolute Gasteiger partial charge is 0.152 e. The average molecular weight is 296 g/mol. The highest BCUT2D eigenvalue weighted by molar-refractivity contribution is 9.10. The molecule has 1 aromatic carbocycles. The number of nitrogens with zero attached hydrogens (tertiary/aromatic N) is 1. The summed E-state index contributed by atoms with van der Waals surface area (Å²) in [6.07, 6.45) is 3.91. The monoisotopic (exact) mass is 295 g/mol. The summed E-state index contributed by atoms with van der Waals surface area (Å²) in [5.74, 6) is 0. The third-order valence-electron chi connectivity index (χ3n) is 3.50. The molecule has 2 saturated heterocycles. The lowest BCUT2D eigenvalue weighted by Crippen LogP contribution is -2.43. The first-order chi connectivity index (χ1) is 8.26. The van der Waals surface area contributed by atoms with Gasteiger partial charge in [0, 0.05) is 28.8 Å². The predicted molar refractivity (Wildman–Crippen MR) is 69.6 cm³/mol. The van der Waals surface area contributed by atoms with Gasteiger partial charge in [-0.2, -0.15) is 0 Å². The van der Waals surface area contributed by atoms with Gasteiger partial charge in [0.25, 0.3) is 0 Å². The second kappa shape index (κ2) is 4.42. The summed E-state index contributed by atoms with van der Waals surface area (Å²) in [6, 6.07) is 5.87. The summed E-state index contributed by atoms with van der Waals surface area (Å²) in [4.78, 5) is 13.4. The normalized spacial score (nSPS) is 27.2. The summed E-state index contributed by atoms with van der Waals surface area (Å²) in [6.45, 7) is 1.80. The van der Waals surface area contributed by atoms with E-state index in [9.17, 15) is 4.79 Å². The lowest BCUT2D eigenvalue weighted by atomic mass is 10.1. The molecule has 2 bridgehead atoms. The van der Waals surface area contributed by atoms with Crippen LogP contribution >= 0.6 is 15.9 Å². The molecule has 0 radical (unpaired) electrons. The van der Waals surface area contributed by atoms with Crippen molar-refractivity contribution in [3.05, 3.63) is 28.2 Å². The Labute approximate surface area is 109 Å². The highest BCUT2D eigenvalue weighted by atomic mass is 79.9. The Hall–Kier alpha value is -0.870. The van der Waals surface area contributed by atoms with E-state index in [0.717, 1.165) is 47.9 Å². The quantitative estimate of drug-likeness (QED) is 0.786. The molecule has 3 rings (SSSR count). The maximum Gasteiger partial charge on any atom is 0.152 e. The van der Waals surface area contributed by atoms with Gasteiger partial charge >= 0.3 is 0 Å². The molecule has 0 aromatic heterocycles. The molecule has 1 aromatic rings. The number of carbonyl (C=O) groups is 1. The van der Waals surface area contributed by atoms with Gasteiger partial charge in [-0.3, -0.25) is 4.79 Å². The van der Waals surface area contributed by atoms with Crippen LogP contribution in [0, 0.1) is 0 Å². The molecule has 90 valence electrons. The molecule has 2 aliphatic rings. The second-order valence-electron chi connectivity index (χ2n) is 4.68. The number of rotatable bonds is 2. The van der Waals surface area contributed by atoms with Crippen molar-refractivity contribution in [1.29, 1.82) is 0 Å². The Bertz CT molecular complexity index is 437. The number of ether oxygens (including phenoxy) is 1. The van der Waals surface area contributed by atoms with Crippen LogP contribution in [0.2, 0.25) is 0 Å². The number of morpholine rings is 1. The van der Waals surface area contributed by atoms with Crippen molar-refractivity contribution in [2.75, 3.05) is 18.0 Å². The SMILES string of the molecule is O=Cc1cc(Br)ccc1N1CC2CCC(C1)O2. The largest absolute Gasteiger partial charge is 0.371 e. The van der Waals surface area contributed by atoms with Crippen molar-refractivity contribution < 1.29 is 9.53 Å². The van der Waals surface area contributed by atoms with E-state index >= 15 is 0 Å². The number of benzene rings is 1. The molecule has 2 heterocycles. The predicted octanol–water partition coefficient (Wildman–Crippen LogP) is 2.63. The molecule has 17 heavy (non-hydrogen) atoms. The lowest BCUT2D eigenvalue weighted by molar-refractivity contribution is 0.0304. The van der Waals surface area contributed by atoms with Crippen LogP contribution in [0.5, 0.6) is 0 Å². The van der Waals surface area contributed by atoms with Crippen LogP contribution in [0.15, 0.2) is 22.7 Å². The Morgan fingerprint density at radius 2 is 2.00 bits per heavy atom. The number of hydrogen-bond acceptors (Lipinski definition) is 3. The van der Waals surface area contributed by atoms with Gasteiger partial charge < -0.3 is 9.64 Å². The number of hydrogen-bond donors (Lipinski definition) is 0. The maximum absolute atomic E-state index is 11.1. The lowest BCUT2D eigenvalue weighted by Gasteiger charge is -2.34. The summed E-state index contributed by atoms with van der Waals surface area (Å²) in [7, 11) is 0. The number of fused-ring (bicyclic) bond motifs is 2. The zero-order chi connectivity index (χ0) is 11.8. The minimum Gasteiger partial charge on any atom is -0.371 e. The Kier molecular flexibility index (Phi) is 2.92. The molecule has 0 saturated carbocycles. The van der Waals surface area contributed by atoms with Crippen LogP contribution in [0.3, 0.4) is 0 Å². The molecule has 3 nitrogen and oxygen atoms in total. The van der Waals surface area contributed by atoms with E-state index in [1.54, 1.807) is 0 Å². The van der Waals surface area contributed by atoms with Crippen molar-refractivity contribution in [3.63, 3.8) is 0 Å². The number of anilines is 1. The van der Waals surface area contributed by atoms with Crippen LogP contribution in [0.4, 0.5) is 5.69 Å². The first kappa shape index (κ1) is 11.2. The highest BCUT2D eigenvalue weighted by Gasteiger charge is 2.34. The molecule has 2 atom stereocenters. The third-order valence-corrected chi connectivity index (χ3v) is 3.99. The van der Waals surface area contributed by atoms with Gasteiger partial charge in [0.1, 0.15) is 0 Å². The molecule has 2 aliphatic heterocycles. The van der Waals surface area contributed by atoms with Gasteiger partial charge in [-0.1, -0.05) is 15.9 Å². The summed E-state index contributed by atoms with van der Waals surface area (Å²) in [5.41, 5.74) is 1.78. The number of aldehydes is 1. The fourth-order valence-corrected chi connectivity index (χ4v) is 3.10. The van der Waals surface area contributed by atoms with Crippen LogP contribution in [0.25, 0.3) is 0 Å². The minimum atomic E-state index is 0.344. The molecule has 2 unspecified atom stereocenters. The molecule has 2 fully saturated rings. The molecule has 0 aliphatic carbocycles. The first-order valence-electron chi connectivity index (χ1n) is 5.91. The zero-order valence-electron chi connectivity index (χ0n) is 9.43. The fourth-order valence-electron chi connectivity index (χ4n) is 2.72. The van der Waals surface area contributed by atoms with Gasteiger partial charge in [-0.05, 0) is 31.0 Å². The van der Waals surface area contributed by atoms with Gasteiger partial charge in [0.15, 0.2) is 6.29 Å². The van der Waals surface area contributed by atoms with E-state index in [0.29, 0.717) is 12.2 Å². The van der Waals surface area contributed by atoms with E-state index in [-0.39, 0.29) is 0 Å².